The Morgan fingerprint density at radius 1 is 0.691 bits per heavy atom. The molecule has 2 aliphatic rings. The second kappa shape index (κ2) is 22.1. The van der Waals surface area contributed by atoms with E-state index in [0.29, 0.717) is 54.2 Å². The number of aliphatic carboxylic acids is 1. The summed E-state index contributed by atoms with van der Waals surface area (Å²) >= 11 is 0. The van der Waals surface area contributed by atoms with Crippen molar-refractivity contribution in [2.45, 2.75) is 135 Å². The number of aryl methyl sites for hydroxylation is 4. The number of aliphatic hydroxyl groups excluding tert-OH is 8. The van der Waals surface area contributed by atoms with E-state index in [1.54, 1.807) is 31.2 Å². The van der Waals surface area contributed by atoms with Crippen molar-refractivity contribution in [2.24, 2.45) is 11.3 Å². The highest BCUT2D eigenvalue weighted by atomic mass is 16.5. The van der Waals surface area contributed by atoms with Crippen LogP contribution in [0.1, 0.15) is 88.7 Å². The molecule has 2 fully saturated rings. The molecule has 0 spiro atoms. The van der Waals surface area contributed by atoms with Crippen LogP contribution in [0.5, 0.6) is 0 Å². The zero-order valence-electron chi connectivity index (χ0n) is 38.7. The minimum absolute atomic E-state index is 0.220. The Balaban J connectivity index is 0.000000254. The first kappa shape index (κ1) is 53.2. The van der Waals surface area contributed by atoms with Gasteiger partial charge in [-0.1, -0.05) is 0 Å². The van der Waals surface area contributed by atoms with E-state index >= 15 is 0 Å². The SMILES string of the molecule is COC(=O)C1CCC(NC(=O)c2nc3cc(C)c(C)cc3n(C[C@H](O)[C@H](O)[C@H](O)CO)c2=O)C1.Cc1cc2nc(C(=O)NC3CCC(C)(C(=O)O)C3)c(=O)n(C[C@H](O)[C@H](O)[C@H](O)CO)c2cc1C. The van der Waals surface area contributed by atoms with Crippen LogP contribution in [0.15, 0.2) is 33.9 Å². The normalized spacial score (nSPS) is 21.8. The number of nitrogens with one attached hydrogen (secondary N) is 2. The maximum Gasteiger partial charge on any atom is 0.309 e. The number of aromatic nitrogens is 4. The van der Waals surface area contributed by atoms with Gasteiger partial charge in [0.1, 0.15) is 36.6 Å². The quantitative estimate of drug-likeness (QED) is 0.0577. The summed E-state index contributed by atoms with van der Waals surface area (Å²) in [6.45, 7) is 6.51. The Labute approximate surface area is 389 Å². The topological polar surface area (TPSA) is 353 Å². The lowest BCUT2D eigenvalue weighted by Crippen LogP contribution is -2.45. The monoisotopic (exact) mass is 954 g/mol. The maximum atomic E-state index is 13.3. The Kier molecular flexibility index (Phi) is 17.3. The summed E-state index contributed by atoms with van der Waals surface area (Å²) in [5.41, 5.74) is 1.41. The molecule has 0 saturated heterocycles. The number of benzene rings is 2. The number of hydrogen-bond donors (Lipinski definition) is 11. The minimum atomic E-state index is -1.73. The lowest BCUT2D eigenvalue weighted by Gasteiger charge is -2.23. The summed E-state index contributed by atoms with van der Waals surface area (Å²) in [6.07, 6.45) is -7.32. The number of rotatable bonds is 16. The molecule has 2 aliphatic carbocycles. The van der Waals surface area contributed by atoms with E-state index in [4.69, 9.17) is 14.9 Å². The van der Waals surface area contributed by atoms with Crippen molar-refractivity contribution >= 4 is 45.8 Å². The van der Waals surface area contributed by atoms with Gasteiger partial charge in [-0.25, -0.2) is 9.97 Å². The first-order valence-electron chi connectivity index (χ1n) is 22.2. The summed E-state index contributed by atoms with van der Waals surface area (Å²) in [7, 11) is 1.31. The molecule has 2 heterocycles. The number of aliphatic hydroxyl groups is 8. The van der Waals surface area contributed by atoms with E-state index in [9.17, 15) is 64.5 Å². The number of amides is 2. The first-order chi connectivity index (χ1) is 31.9. The molecule has 0 radical (unpaired) electrons. The van der Waals surface area contributed by atoms with Crippen LogP contribution in [0, 0.1) is 39.0 Å². The van der Waals surface area contributed by atoms with Crippen molar-refractivity contribution in [3.8, 4) is 0 Å². The highest BCUT2D eigenvalue weighted by Crippen LogP contribution is 2.38. The van der Waals surface area contributed by atoms with Gasteiger partial charge in [0.15, 0.2) is 11.4 Å². The summed E-state index contributed by atoms with van der Waals surface area (Å²) in [5, 5.41) is 93.2. The molecule has 0 bridgehead atoms. The van der Waals surface area contributed by atoms with E-state index < -0.39 is 109 Å². The zero-order chi connectivity index (χ0) is 50.5. The van der Waals surface area contributed by atoms with Crippen LogP contribution >= 0.6 is 0 Å². The van der Waals surface area contributed by atoms with Gasteiger partial charge in [-0.2, -0.15) is 0 Å². The average molecular weight is 955 g/mol. The summed E-state index contributed by atoms with van der Waals surface area (Å²) in [6, 6.07) is 6.02. The van der Waals surface area contributed by atoms with Gasteiger partial charge in [0.25, 0.3) is 22.9 Å². The van der Waals surface area contributed by atoms with Gasteiger partial charge in [-0.05, 0) is 120 Å². The number of carbonyl (C=O) groups excluding carboxylic acids is 3. The second-order valence-electron chi connectivity index (χ2n) is 18.2. The van der Waals surface area contributed by atoms with E-state index in [2.05, 4.69) is 20.6 Å². The van der Waals surface area contributed by atoms with Crippen molar-refractivity contribution in [2.75, 3.05) is 20.3 Å². The summed E-state index contributed by atoms with van der Waals surface area (Å²) in [5.74, 6) is -3.08. The molecule has 0 aliphatic heterocycles. The predicted octanol–water partition coefficient (Wildman–Crippen LogP) is -1.38. The van der Waals surface area contributed by atoms with Gasteiger partial charge in [0, 0.05) is 12.1 Å². The minimum Gasteiger partial charge on any atom is -0.481 e. The second-order valence-corrected chi connectivity index (χ2v) is 18.2. The predicted molar refractivity (Wildman–Crippen MR) is 243 cm³/mol. The maximum absolute atomic E-state index is 13.3. The van der Waals surface area contributed by atoms with Crippen molar-refractivity contribution in [1.29, 1.82) is 0 Å². The fraction of sp³-hybridized carbons (Fsp3) is 0.565. The highest BCUT2D eigenvalue weighted by molar-refractivity contribution is 5.95. The van der Waals surface area contributed by atoms with E-state index in [0.717, 1.165) is 31.4 Å². The number of carboxylic acid groups (broad SMARTS) is 1. The third-order valence-electron chi connectivity index (χ3n) is 13.1. The van der Waals surface area contributed by atoms with E-state index in [1.807, 2.05) is 27.7 Å². The molecule has 10 atom stereocenters. The summed E-state index contributed by atoms with van der Waals surface area (Å²) < 4.78 is 7.00. The molecule has 22 nitrogen and oxygen atoms in total. The van der Waals surface area contributed by atoms with Crippen LogP contribution in [0.25, 0.3) is 22.1 Å². The van der Waals surface area contributed by atoms with Gasteiger partial charge >= 0.3 is 11.9 Å². The lowest BCUT2D eigenvalue weighted by molar-refractivity contribution is -0.147. The number of nitrogens with zero attached hydrogens (tertiary/aromatic N) is 4. The van der Waals surface area contributed by atoms with Crippen LogP contribution in [0.4, 0.5) is 0 Å². The number of ether oxygens (including phenoxy) is 1. The van der Waals surface area contributed by atoms with Crippen molar-refractivity contribution in [3.63, 3.8) is 0 Å². The molecule has 2 aromatic carbocycles. The fourth-order valence-electron chi connectivity index (χ4n) is 8.53. The number of carbonyl (C=O) groups is 4. The smallest absolute Gasteiger partial charge is 0.309 e. The number of methoxy groups -OCH3 is 1. The molecule has 22 heteroatoms. The van der Waals surface area contributed by atoms with Gasteiger partial charge in [-0.3, -0.25) is 28.8 Å². The number of hydrogen-bond acceptors (Lipinski definition) is 17. The Bertz CT molecular complexity index is 2650. The van der Waals surface area contributed by atoms with Crippen LogP contribution in [0.3, 0.4) is 0 Å². The molecule has 11 N–H and O–H groups in total. The molecule has 2 aromatic heterocycles. The van der Waals surface area contributed by atoms with E-state index in [-0.39, 0.29) is 30.0 Å². The summed E-state index contributed by atoms with van der Waals surface area (Å²) in [4.78, 5) is 84.4. The number of carboxylic acids is 1. The fourth-order valence-corrected chi connectivity index (χ4v) is 8.53. The number of esters is 1. The third-order valence-corrected chi connectivity index (χ3v) is 13.1. The van der Waals surface area contributed by atoms with Crippen LogP contribution in [-0.2, 0) is 27.4 Å². The highest BCUT2D eigenvalue weighted by Gasteiger charge is 2.42. The Morgan fingerprint density at radius 2 is 1.12 bits per heavy atom. The zero-order valence-corrected chi connectivity index (χ0v) is 38.7. The molecule has 4 unspecified atom stereocenters. The van der Waals surface area contributed by atoms with E-state index in [1.165, 1.54) is 7.11 Å². The van der Waals surface area contributed by atoms with Crippen molar-refractivity contribution < 1.29 is 69.9 Å². The molecule has 4 aromatic rings. The molecule has 68 heavy (non-hydrogen) atoms. The van der Waals surface area contributed by atoms with Gasteiger partial charge in [0.05, 0.1) is 66.8 Å². The lowest BCUT2D eigenvalue weighted by atomic mass is 9.89. The van der Waals surface area contributed by atoms with Gasteiger partial charge in [0.2, 0.25) is 0 Å². The van der Waals surface area contributed by atoms with Crippen molar-refractivity contribution in [3.05, 3.63) is 78.6 Å². The van der Waals surface area contributed by atoms with Gasteiger partial charge < -0.3 is 70.5 Å². The standard InChI is InChI=1S/2C23H31N3O8/c1-11-6-14-15(7-12(11)2)26(9-16(28)19(30)17(29)10-27)21(32)18(25-14)20(31)24-13-4-5-23(3,8-13)22(33)34;1-11-6-15-16(7-12(11)2)26(9-17(28)20(30)18(29)10-27)22(32)19(25-15)21(31)24-14-5-4-13(8-14)23(33)34-3/h6-7,13,16-17,19,27-30H,4-5,8-10H2,1-3H3,(H,24,31)(H,33,34);6-7,13-14,17-18,20,27-30H,4-5,8-10H2,1-3H3,(H,24,31)/t13?,16-,17+,19-,23?;13?,14?,17-,18+,20-/m00/s1. The van der Waals surface area contributed by atoms with Crippen LogP contribution < -0.4 is 21.8 Å². The van der Waals surface area contributed by atoms with Crippen molar-refractivity contribution in [1.82, 2.24) is 29.7 Å². The van der Waals surface area contributed by atoms with Crippen LogP contribution in [0.2, 0.25) is 0 Å². The Hall–Kier alpha value is -5.72. The first-order valence-corrected chi connectivity index (χ1v) is 22.2. The molecular weight excluding hydrogens is 893 g/mol. The molecule has 2 amide bonds. The molecule has 372 valence electrons. The molecule has 6 rings (SSSR count). The van der Waals surface area contributed by atoms with Crippen LogP contribution in [-0.4, -0.2) is 158 Å². The molecular formula is C46H62N6O16. The molecule has 2 saturated carbocycles. The third kappa shape index (κ3) is 11.7. The average Bonchev–Trinajstić information content (AvgIpc) is 3.94. The number of fused-ring (bicyclic) bond motifs is 2. The Morgan fingerprint density at radius 3 is 1.51 bits per heavy atom. The largest absolute Gasteiger partial charge is 0.481 e. The van der Waals surface area contributed by atoms with Gasteiger partial charge in [-0.15, -0.1) is 0 Å².